The molecule has 11 heteroatoms. The van der Waals surface area contributed by atoms with Crippen LogP contribution in [0.4, 0.5) is 0 Å². The van der Waals surface area contributed by atoms with Crippen LogP contribution in [-0.4, -0.2) is 21.2 Å². The van der Waals surface area contributed by atoms with Gasteiger partial charge in [0, 0.05) is 0 Å². The van der Waals surface area contributed by atoms with Crippen molar-refractivity contribution in [1.82, 2.24) is 0 Å². The minimum absolute atomic E-state index is 0. The Labute approximate surface area is 99.0 Å². The molecular weight excluding hydrogens is 311 g/mol. The van der Waals surface area contributed by atoms with Gasteiger partial charge in [-0.3, -0.25) is 7.32 Å². The molecule has 0 rings (SSSR count). The first kappa shape index (κ1) is 22.9. The largest absolute Gasteiger partial charge is 4.00 e. The fourth-order valence-electron chi connectivity index (χ4n) is 0. The second kappa shape index (κ2) is 11.6. The van der Waals surface area contributed by atoms with E-state index in [4.69, 9.17) is 34.3 Å². The van der Waals surface area contributed by atoms with Gasteiger partial charge >= 0.3 is 49.0 Å². The molecule has 7 nitrogen and oxygen atoms in total. The normalized spacial score (nSPS) is 7.91. The van der Waals surface area contributed by atoms with Crippen molar-refractivity contribution < 1.29 is 83.3 Å². The van der Waals surface area contributed by atoms with Crippen molar-refractivity contribution >= 4 is 16.4 Å². The Hall–Kier alpha value is 1.64. The summed E-state index contributed by atoms with van der Waals surface area (Å²) in [7, 11) is -8.28. The molecule has 0 saturated carbocycles. The van der Waals surface area contributed by atoms with Gasteiger partial charge in [0.05, 0.1) is 0 Å². The van der Waals surface area contributed by atoms with Gasteiger partial charge < -0.3 is 34.3 Å². The summed E-state index contributed by atoms with van der Waals surface area (Å²) < 4.78 is 0. The SMILES string of the molecule is [Cd+2].[O-]B([O-])[O-].[O-][Si]([O-])([O-])O.[Ti+4]. The number of hydrogen-bond acceptors (Lipinski definition) is 7. The molecule has 0 spiro atoms. The minimum Gasteiger partial charge on any atom is -0.907 e. The van der Waals surface area contributed by atoms with Gasteiger partial charge in [0.25, 0.3) is 0 Å². The molecule has 0 atom stereocenters. The van der Waals surface area contributed by atoms with E-state index in [-0.39, 0.29) is 49.0 Å². The Morgan fingerprint density at radius 1 is 1.00 bits per heavy atom. The summed E-state index contributed by atoms with van der Waals surface area (Å²) in [4.78, 5) is 33.1. The van der Waals surface area contributed by atoms with E-state index >= 15 is 0 Å². The molecule has 0 aromatic rings. The van der Waals surface area contributed by atoms with E-state index in [0.717, 1.165) is 0 Å². The summed E-state index contributed by atoms with van der Waals surface area (Å²) in [6, 6.07) is 0. The molecule has 0 saturated heterocycles. The third-order valence-corrected chi connectivity index (χ3v) is 0. The molecule has 0 aliphatic heterocycles. The molecule has 0 radical (unpaired) electrons. The van der Waals surface area contributed by atoms with Crippen molar-refractivity contribution in [3.05, 3.63) is 0 Å². The van der Waals surface area contributed by atoms with Gasteiger partial charge in [-0.1, -0.05) is 0 Å². The summed E-state index contributed by atoms with van der Waals surface area (Å²) in [6.07, 6.45) is 0. The average molecular weight is 312 g/mol. The Kier molecular flexibility index (Phi) is 24.3. The zero-order valence-electron chi connectivity index (χ0n) is 5.18. The second-order valence-corrected chi connectivity index (χ2v) is 1.86. The van der Waals surface area contributed by atoms with Crippen LogP contribution < -0.4 is 29.5 Å². The fourth-order valence-corrected chi connectivity index (χ4v) is 0. The Morgan fingerprint density at radius 2 is 1.00 bits per heavy atom. The van der Waals surface area contributed by atoms with Crippen molar-refractivity contribution in [2.45, 2.75) is 0 Å². The first-order valence-electron chi connectivity index (χ1n) is 1.54. The van der Waals surface area contributed by atoms with Gasteiger partial charge in [0.2, 0.25) is 0 Å². The molecule has 0 unspecified atom stereocenters. The quantitative estimate of drug-likeness (QED) is 0.435. The van der Waals surface area contributed by atoms with Crippen molar-refractivity contribution in [2.75, 3.05) is 0 Å². The molecule has 0 bridgehead atoms. The smallest absolute Gasteiger partial charge is 0.907 e. The Bertz CT molecular complexity index is 55.2. The maximum Gasteiger partial charge on any atom is 4.00 e. The zero-order chi connectivity index (χ0) is 8.08. The molecule has 0 aromatic heterocycles. The number of rotatable bonds is 0. The van der Waals surface area contributed by atoms with Crippen LogP contribution in [0.2, 0.25) is 0 Å². The van der Waals surface area contributed by atoms with Gasteiger partial charge in [-0.05, 0) is 0 Å². The molecule has 0 heterocycles. The monoisotopic (exact) mass is 314 g/mol. The fraction of sp³-hybridized carbons (Fsp3) is 0. The van der Waals surface area contributed by atoms with E-state index < -0.39 is 16.4 Å². The van der Waals surface area contributed by atoms with Crippen molar-refractivity contribution in [3.8, 4) is 0 Å². The van der Waals surface area contributed by atoms with Crippen molar-refractivity contribution in [3.63, 3.8) is 0 Å². The predicted molar refractivity (Wildman–Crippen MR) is 13.7 cm³/mol. The third-order valence-electron chi connectivity index (χ3n) is 0. The van der Waals surface area contributed by atoms with Crippen LogP contribution in [0.25, 0.3) is 0 Å². The molecule has 0 aromatic carbocycles. The molecule has 0 amide bonds. The molecule has 1 N–H and O–H groups in total. The topological polar surface area (TPSA) is 159 Å². The van der Waals surface area contributed by atoms with Crippen LogP contribution in [0.5, 0.6) is 0 Å². The van der Waals surface area contributed by atoms with E-state index in [1.165, 1.54) is 0 Å². The molecule has 11 heavy (non-hydrogen) atoms. The first-order valence-corrected chi connectivity index (χ1v) is 3.22. The molecule has 0 fully saturated rings. The molecule has 0 aliphatic carbocycles. The minimum atomic E-state index is -5.36. The Morgan fingerprint density at radius 3 is 1.00 bits per heavy atom. The van der Waals surface area contributed by atoms with Gasteiger partial charge in [-0.25, -0.2) is 0 Å². The van der Waals surface area contributed by atoms with E-state index in [1.807, 2.05) is 0 Å². The first-order chi connectivity index (χ1) is 3.73. The van der Waals surface area contributed by atoms with E-state index in [0.29, 0.717) is 0 Å². The molecule has 56 valence electrons. The van der Waals surface area contributed by atoms with Crippen LogP contribution in [-0.2, 0) is 49.0 Å². The summed E-state index contributed by atoms with van der Waals surface area (Å²) in [6.45, 7) is 0. The maximum atomic E-state index is 8.69. The van der Waals surface area contributed by atoms with Crippen LogP contribution >= 0.6 is 0 Å². The van der Waals surface area contributed by atoms with E-state index in [9.17, 15) is 0 Å². The Balaban J connectivity index is -0.0000000383. The number of hydrogen-bond donors (Lipinski definition) is 1. The zero-order valence-corrected chi connectivity index (χ0v) is 11.8. The van der Waals surface area contributed by atoms with Crippen molar-refractivity contribution in [2.24, 2.45) is 0 Å². The standard InChI is InChI=1S/BO3.Cd.HO4Si.Ti/c2-1(3)4;;1-5(2,3)4;/h;;1H;/q-3;+2;-3;+4. The summed E-state index contributed by atoms with van der Waals surface area (Å²) in [5.41, 5.74) is 0. The van der Waals surface area contributed by atoms with Crippen molar-refractivity contribution in [1.29, 1.82) is 0 Å². The predicted octanol–water partition coefficient (Wildman–Crippen LogP) is -8.46. The summed E-state index contributed by atoms with van der Waals surface area (Å²) >= 11 is 0. The van der Waals surface area contributed by atoms with Crippen LogP contribution in [0.15, 0.2) is 0 Å². The third kappa shape index (κ3) is 403. The second-order valence-electron chi connectivity index (χ2n) is 0.813. The maximum absolute atomic E-state index is 8.69. The average Bonchev–Trinajstić information content (AvgIpc) is 1.19. The molecule has 0 aliphatic rings. The van der Waals surface area contributed by atoms with Gasteiger partial charge in [0.15, 0.2) is 0 Å². The summed E-state index contributed by atoms with van der Waals surface area (Å²) in [5, 5.41) is 25.2. The van der Waals surface area contributed by atoms with Crippen LogP contribution in [0.3, 0.4) is 0 Å². The van der Waals surface area contributed by atoms with Gasteiger partial charge in [-0.15, -0.1) is 9.05 Å². The van der Waals surface area contributed by atoms with Crippen LogP contribution in [0.1, 0.15) is 0 Å². The van der Waals surface area contributed by atoms with Gasteiger partial charge in [-0.2, -0.15) is 0 Å². The molecular formula is HBCdO7SiTi. The van der Waals surface area contributed by atoms with Gasteiger partial charge in [0.1, 0.15) is 0 Å². The summed E-state index contributed by atoms with van der Waals surface area (Å²) in [5.74, 6) is 0. The van der Waals surface area contributed by atoms with Crippen LogP contribution in [0, 0.1) is 0 Å². The van der Waals surface area contributed by atoms with E-state index in [1.54, 1.807) is 0 Å². The van der Waals surface area contributed by atoms with E-state index in [2.05, 4.69) is 0 Å².